The summed E-state index contributed by atoms with van der Waals surface area (Å²) in [4.78, 5) is -1.11. The van der Waals surface area contributed by atoms with E-state index in [1.807, 2.05) is 0 Å². The average molecular weight is 318 g/mol. The molecule has 3 N–H and O–H groups in total. The predicted octanol–water partition coefficient (Wildman–Crippen LogP) is 1.58. The lowest BCUT2D eigenvalue weighted by atomic mass is 10.2. The van der Waals surface area contributed by atoms with Crippen molar-refractivity contribution in [2.75, 3.05) is 13.1 Å². The first-order valence-corrected chi connectivity index (χ1v) is 6.72. The first kappa shape index (κ1) is 16.8. The SMILES string of the molecule is NCC(F)(F)CNS(=O)(=O)c1ccccc1C(F)(F)F. The fourth-order valence-corrected chi connectivity index (χ4v) is 2.57. The fourth-order valence-electron chi connectivity index (χ4n) is 1.29. The molecule has 0 aliphatic carbocycles. The molecule has 0 fully saturated rings. The number of nitrogens with one attached hydrogen (secondary N) is 1. The van der Waals surface area contributed by atoms with E-state index in [4.69, 9.17) is 5.73 Å². The van der Waals surface area contributed by atoms with E-state index in [0.717, 1.165) is 12.1 Å². The van der Waals surface area contributed by atoms with Gasteiger partial charge in [-0.15, -0.1) is 0 Å². The standard InChI is InChI=1S/C10H11F5N2O2S/c11-9(12,5-16)6-17-20(18,19)8-4-2-1-3-7(8)10(13,14)15/h1-4,17H,5-6,16H2. The van der Waals surface area contributed by atoms with Crippen molar-refractivity contribution in [2.45, 2.75) is 17.0 Å². The van der Waals surface area contributed by atoms with E-state index in [1.54, 1.807) is 0 Å². The van der Waals surface area contributed by atoms with Crippen LogP contribution in [-0.2, 0) is 16.2 Å². The number of alkyl halides is 5. The maximum Gasteiger partial charge on any atom is 0.417 e. The average Bonchev–Trinajstić information content (AvgIpc) is 2.36. The third-order valence-electron chi connectivity index (χ3n) is 2.30. The summed E-state index contributed by atoms with van der Waals surface area (Å²) in [6, 6.07) is 3.29. The number of nitrogens with two attached hydrogens (primary N) is 1. The first-order valence-electron chi connectivity index (χ1n) is 5.23. The maximum absolute atomic E-state index is 12.9. The number of halogens is 5. The molecular formula is C10H11F5N2O2S. The molecule has 0 aromatic heterocycles. The molecule has 1 aromatic rings. The van der Waals surface area contributed by atoms with Gasteiger partial charge in [-0.1, -0.05) is 12.1 Å². The summed E-state index contributed by atoms with van der Waals surface area (Å²) >= 11 is 0. The van der Waals surface area contributed by atoms with Crippen LogP contribution in [0.15, 0.2) is 29.2 Å². The van der Waals surface area contributed by atoms with Crippen LogP contribution in [0.2, 0.25) is 0 Å². The van der Waals surface area contributed by atoms with Crippen molar-refractivity contribution in [1.82, 2.24) is 4.72 Å². The molecule has 0 aliphatic rings. The molecule has 0 saturated carbocycles. The normalized spacial score (nSPS) is 13.5. The third kappa shape index (κ3) is 4.12. The van der Waals surface area contributed by atoms with Crippen molar-refractivity contribution < 1.29 is 30.4 Å². The summed E-state index contributed by atoms with van der Waals surface area (Å²) in [5.41, 5.74) is 3.28. The van der Waals surface area contributed by atoms with Crippen molar-refractivity contribution in [3.63, 3.8) is 0 Å². The number of hydrogen-bond acceptors (Lipinski definition) is 3. The van der Waals surface area contributed by atoms with E-state index in [9.17, 15) is 30.4 Å². The second kappa shape index (κ2) is 5.62. The van der Waals surface area contributed by atoms with Gasteiger partial charge in [0, 0.05) is 0 Å². The van der Waals surface area contributed by atoms with Gasteiger partial charge in [0.05, 0.1) is 23.5 Å². The molecule has 1 aromatic carbocycles. The number of benzene rings is 1. The number of rotatable bonds is 5. The fraction of sp³-hybridized carbons (Fsp3) is 0.400. The minimum atomic E-state index is -4.91. The van der Waals surface area contributed by atoms with E-state index in [-0.39, 0.29) is 0 Å². The molecule has 0 radical (unpaired) electrons. The Balaban J connectivity index is 3.12. The lowest BCUT2D eigenvalue weighted by Crippen LogP contribution is -2.41. The highest BCUT2D eigenvalue weighted by atomic mass is 32.2. The van der Waals surface area contributed by atoms with Crippen LogP contribution in [0.3, 0.4) is 0 Å². The van der Waals surface area contributed by atoms with Crippen LogP contribution in [0.4, 0.5) is 22.0 Å². The molecule has 0 amide bonds. The van der Waals surface area contributed by atoms with Gasteiger partial charge in [-0.3, -0.25) is 0 Å². The molecule has 0 spiro atoms. The van der Waals surface area contributed by atoms with Gasteiger partial charge in [-0.05, 0) is 12.1 Å². The Bertz CT molecular complexity index is 571. The van der Waals surface area contributed by atoms with Crippen molar-refractivity contribution in [2.24, 2.45) is 5.73 Å². The summed E-state index contributed by atoms with van der Waals surface area (Å²) in [6.45, 7) is -2.51. The minimum Gasteiger partial charge on any atom is -0.325 e. The van der Waals surface area contributed by atoms with Gasteiger partial charge in [0.1, 0.15) is 0 Å². The van der Waals surface area contributed by atoms with Crippen LogP contribution in [0.25, 0.3) is 0 Å². The number of hydrogen-bond donors (Lipinski definition) is 2. The zero-order valence-electron chi connectivity index (χ0n) is 9.92. The highest BCUT2D eigenvalue weighted by Gasteiger charge is 2.38. The van der Waals surface area contributed by atoms with E-state index < -0.39 is 45.7 Å². The molecule has 0 saturated heterocycles. The van der Waals surface area contributed by atoms with Gasteiger partial charge >= 0.3 is 6.18 Å². The maximum atomic E-state index is 12.9. The summed E-state index contributed by atoms with van der Waals surface area (Å²) in [7, 11) is -4.72. The molecule has 0 aliphatic heterocycles. The Morgan fingerprint density at radius 3 is 2.15 bits per heavy atom. The molecule has 114 valence electrons. The Hall–Kier alpha value is -1.26. The smallest absolute Gasteiger partial charge is 0.325 e. The zero-order chi connectivity index (χ0) is 15.6. The van der Waals surface area contributed by atoms with Crippen molar-refractivity contribution in [3.05, 3.63) is 29.8 Å². The van der Waals surface area contributed by atoms with E-state index in [0.29, 0.717) is 12.1 Å². The van der Waals surface area contributed by atoms with Crippen LogP contribution in [0.5, 0.6) is 0 Å². The summed E-state index contributed by atoms with van der Waals surface area (Å²) in [5.74, 6) is -3.54. The lowest BCUT2D eigenvalue weighted by molar-refractivity contribution is -0.139. The van der Waals surface area contributed by atoms with Crippen LogP contribution < -0.4 is 10.5 Å². The second-order valence-corrected chi connectivity index (χ2v) is 5.61. The van der Waals surface area contributed by atoms with Crippen LogP contribution >= 0.6 is 0 Å². The molecule has 1 rings (SSSR count). The largest absolute Gasteiger partial charge is 0.417 e. The second-order valence-electron chi connectivity index (χ2n) is 3.88. The highest BCUT2D eigenvalue weighted by molar-refractivity contribution is 7.89. The molecule has 0 bridgehead atoms. The quantitative estimate of drug-likeness (QED) is 0.810. The van der Waals surface area contributed by atoms with Gasteiger partial charge in [-0.25, -0.2) is 21.9 Å². The van der Waals surface area contributed by atoms with Crippen molar-refractivity contribution >= 4 is 10.0 Å². The summed E-state index contributed by atoms with van der Waals surface area (Å²) < 4.78 is 88.5. The molecule has 10 heteroatoms. The van der Waals surface area contributed by atoms with Crippen molar-refractivity contribution in [3.8, 4) is 0 Å². The summed E-state index contributed by atoms with van der Waals surface area (Å²) in [6.07, 6.45) is -4.91. The van der Waals surface area contributed by atoms with E-state index in [2.05, 4.69) is 0 Å². The Kier molecular flexibility index (Phi) is 4.72. The molecule has 0 unspecified atom stereocenters. The Morgan fingerprint density at radius 1 is 1.10 bits per heavy atom. The Labute approximate surface area is 111 Å². The summed E-state index contributed by atoms with van der Waals surface area (Å²) in [5, 5.41) is 0. The molecular weight excluding hydrogens is 307 g/mol. The van der Waals surface area contributed by atoms with Gasteiger partial charge in [0.2, 0.25) is 10.0 Å². The first-order chi connectivity index (χ1) is 8.99. The lowest BCUT2D eigenvalue weighted by Gasteiger charge is -2.17. The van der Waals surface area contributed by atoms with Crippen LogP contribution in [0.1, 0.15) is 5.56 Å². The monoisotopic (exact) mass is 318 g/mol. The van der Waals surface area contributed by atoms with E-state index in [1.165, 1.54) is 4.72 Å². The van der Waals surface area contributed by atoms with Gasteiger partial charge in [0.25, 0.3) is 5.92 Å². The predicted molar refractivity (Wildman–Crippen MR) is 60.6 cm³/mol. The molecule has 0 atom stereocenters. The van der Waals surface area contributed by atoms with Crippen molar-refractivity contribution in [1.29, 1.82) is 0 Å². The van der Waals surface area contributed by atoms with Gasteiger partial charge in [0.15, 0.2) is 0 Å². The van der Waals surface area contributed by atoms with Gasteiger partial charge < -0.3 is 5.73 Å². The van der Waals surface area contributed by atoms with E-state index >= 15 is 0 Å². The topological polar surface area (TPSA) is 72.2 Å². The molecule has 20 heavy (non-hydrogen) atoms. The number of sulfonamides is 1. The third-order valence-corrected chi connectivity index (χ3v) is 3.76. The highest BCUT2D eigenvalue weighted by Crippen LogP contribution is 2.33. The zero-order valence-corrected chi connectivity index (χ0v) is 10.7. The van der Waals surface area contributed by atoms with Gasteiger partial charge in [-0.2, -0.15) is 13.2 Å². The molecule has 4 nitrogen and oxygen atoms in total. The minimum absolute atomic E-state index is 0.551. The van der Waals surface area contributed by atoms with Crippen LogP contribution in [-0.4, -0.2) is 27.4 Å². The van der Waals surface area contributed by atoms with Crippen LogP contribution in [0, 0.1) is 0 Å². The Morgan fingerprint density at radius 2 is 1.65 bits per heavy atom. The molecule has 0 heterocycles.